The van der Waals surface area contributed by atoms with Gasteiger partial charge in [0.25, 0.3) is 11.8 Å². The van der Waals surface area contributed by atoms with E-state index in [1.165, 1.54) is 16.2 Å². The van der Waals surface area contributed by atoms with E-state index in [1.54, 1.807) is 11.0 Å². The van der Waals surface area contributed by atoms with E-state index >= 15 is 0 Å². The number of carbonyl (C=O) groups is 3. The van der Waals surface area contributed by atoms with E-state index in [2.05, 4.69) is 4.90 Å². The standard InChI is InChI=1S/C24H27N3O4S/c28-17-4-2-10-26(14-17)22(29)16-8-11-25(12-9-16)20-7-1-6-19-21(20)24(31)27(23(19)30)15-18-5-3-13-32-18/h1,3,5-7,13,16-17,28H,2,4,8-12,14-15H2/t17-/m1/s1. The van der Waals surface area contributed by atoms with Gasteiger partial charge in [0.1, 0.15) is 0 Å². The molecule has 3 amide bonds. The van der Waals surface area contributed by atoms with Crippen molar-refractivity contribution in [2.75, 3.05) is 31.1 Å². The first-order valence-corrected chi connectivity index (χ1v) is 12.1. The average Bonchev–Trinajstić information content (AvgIpc) is 3.42. The topological polar surface area (TPSA) is 81.2 Å². The molecule has 2 fully saturated rings. The lowest BCUT2D eigenvalue weighted by molar-refractivity contribution is -0.139. The summed E-state index contributed by atoms with van der Waals surface area (Å²) in [6.07, 6.45) is 2.60. The molecule has 0 aliphatic carbocycles. The van der Waals surface area contributed by atoms with E-state index in [4.69, 9.17) is 0 Å². The van der Waals surface area contributed by atoms with Gasteiger partial charge in [0.05, 0.1) is 29.5 Å². The van der Waals surface area contributed by atoms with Gasteiger partial charge >= 0.3 is 0 Å². The van der Waals surface area contributed by atoms with Crippen LogP contribution >= 0.6 is 11.3 Å². The summed E-state index contributed by atoms with van der Waals surface area (Å²) in [6.45, 7) is 2.77. The maximum atomic E-state index is 13.2. The molecule has 2 aromatic rings. The quantitative estimate of drug-likeness (QED) is 0.720. The Bertz CT molecular complexity index is 1030. The van der Waals surface area contributed by atoms with Crippen LogP contribution in [-0.2, 0) is 11.3 Å². The van der Waals surface area contributed by atoms with Crippen molar-refractivity contribution in [1.29, 1.82) is 0 Å². The molecule has 0 unspecified atom stereocenters. The zero-order valence-electron chi connectivity index (χ0n) is 17.9. The van der Waals surface area contributed by atoms with E-state index in [0.717, 1.165) is 30.0 Å². The molecule has 1 N–H and O–H groups in total. The molecule has 168 valence electrons. The highest BCUT2D eigenvalue weighted by Gasteiger charge is 2.39. The second kappa shape index (κ2) is 8.67. The number of anilines is 1. The van der Waals surface area contributed by atoms with E-state index in [-0.39, 0.29) is 23.6 Å². The SMILES string of the molecule is O=C(C1CCN(c2cccc3c2C(=O)N(Cc2cccs2)C3=O)CC1)N1CCC[C@@H](O)C1. The molecule has 0 spiro atoms. The van der Waals surface area contributed by atoms with Crippen LogP contribution in [0.25, 0.3) is 0 Å². The predicted octanol–water partition coefficient (Wildman–Crippen LogP) is 2.74. The van der Waals surface area contributed by atoms with Gasteiger partial charge in [0.15, 0.2) is 0 Å². The Morgan fingerprint density at radius 2 is 1.84 bits per heavy atom. The van der Waals surface area contributed by atoms with Crippen molar-refractivity contribution >= 4 is 34.7 Å². The number of rotatable bonds is 4. The van der Waals surface area contributed by atoms with Crippen LogP contribution in [-0.4, -0.2) is 64.9 Å². The molecule has 0 radical (unpaired) electrons. The van der Waals surface area contributed by atoms with Gasteiger partial charge in [0, 0.05) is 37.0 Å². The number of amides is 3. The first-order valence-electron chi connectivity index (χ1n) is 11.3. The fourth-order valence-electron chi connectivity index (χ4n) is 5.06. The minimum Gasteiger partial charge on any atom is -0.391 e. The van der Waals surface area contributed by atoms with Crippen molar-refractivity contribution < 1.29 is 19.5 Å². The number of fused-ring (bicyclic) bond motifs is 1. The number of piperidine rings is 2. The van der Waals surface area contributed by atoms with Crippen molar-refractivity contribution in [2.24, 2.45) is 5.92 Å². The smallest absolute Gasteiger partial charge is 0.264 e. The Labute approximate surface area is 191 Å². The van der Waals surface area contributed by atoms with Crippen molar-refractivity contribution in [2.45, 2.75) is 38.3 Å². The molecular formula is C24H27N3O4S. The van der Waals surface area contributed by atoms with Crippen molar-refractivity contribution in [3.05, 3.63) is 51.7 Å². The monoisotopic (exact) mass is 453 g/mol. The summed E-state index contributed by atoms with van der Waals surface area (Å²) in [5.74, 6) is -0.403. The van der Waals surface area contributed by atoms with E-state index in [0.29, 0.717) is 50.1 Å². The number of β-amino-alcohol motifs (C(OH)–C–C–N with tert-alkyl or cyclic N) is 1. The van der Waals surface area contributed by atoms with Crippen LogP contribution in [0.15, 0.2) is 35.7 Å². The summed E-state index contributed by atoms with van der Waals surface area (Å²) >= 11 is 1.53. The Morgan fingerprint density at radius 1 is 1.03 bits per heavy atom. The molecular weight excluding hydrogens is 426 g/mol. The predicted molar refractivity (Wildman–Crippen MR) is 122 cm³/mol. The molecule has 32 heavy (non-hydrogen) atoms. The van der Waals surface area contributed by atoms with Crippen molar-refractivity contribution in [3.63, 3.8) is 0 Å². The van der Waals surface area contributed by atoms with Crippen LogP contribution in [0.4, 0.5) is 5.69 Å². The van der Waals surface area contributed by atoms with Crippen molar-refractivity contribution in [3.8, 4) is 0 Å². The first-order chi connectivity index (χ1) is 15.5. The Morgan fingerprint density at radius 3 is 2.56 bits per heavy atom. The third kappa shape index (κ3) is 3.82. The summed E-state index contributed by atoms with van der Waals surface area (Å²) in [5, 5.41) is 11.8. The maximum Gasteiger partial charge on any atom is 0.264 e. The van der Waals surface area contributed by atoms with Gasteiger partial charge in [-0.3, -0.25) is 19.3 Å². The van der Waals surface area contributed by atoms with E-state index < -0.39 is 6.10 Å². The van der Waals surface area contributed by atoms with E-state index in [1.807, 2.05) is 29.6 Å². The average molecular weight is 454 g/mol. The van der Waals surface area contributed by atoms with Gasteiger partial charge in [0.2, 0.25) is 5.91 Å². The minimum atomic E-state index is -0.416. The summed E-state index contributed by atoms with van der Waals surface area (Å²) in [6, 6.07) is 9.31. The number of hydrogen-bond acceptors (Lipinski definition) is 6. The minimum absolute atomic E-state index is 0.0547. The number of hydrogen-bond donors (Lipinski definition) is 1. The number of aliphatic hydroxyl groups is 1. The van der Waals surface area contributed by atoms with Crippen LogP contribution in [0.2, 0.25) is 0 Å². The third-order valence-corrected chi connectivity index (χ3v) is 7.63. The Balaban J connectivity index is 1.29. The highest BCUT2D eigenvalue weighted by molar-refractivity contribution is 7.09. The summed E-state index contributed by atoms with van der Waals surface area (Å²) in [4.78, 5) is 45.3. The van der Waals surface area contributed by atoms with Crippen LogP contribution in [0.1, 0.15) is 51.3 Å². The number of nitrogens with zero attached hydrogens (tertiary/aromatic N) is 3. The van der Waals surface area contributed by atoms with Crippen molar-refractivity contribution in [1.82, 2.24) is 9.80 Å². The number of aliphatic hydroxyl groups excluding tert-OH is 1. The van der Waals surface area contributed by atoms with Gasteiger partial charge in [-0.1, -0.05) is 12.1 Å². The largest absolute Gasteiger partial charge is 0.391 e. The molecule has 0 bridgehead atoms. The Hall–Kier alpha value is -2.71. The molecule has 7 nitrogen and oxygen atoms in total. The normalized spacial score (nSPS) is 21.9. The molecule has 4 heterocycles. The molecule has 1 aromatic carbocycles. The lowest BCUT2D eigenvalue weighted by atomic mass is 9.93. The number of benzene rings is 1. The summed E-state index contributed by atoms with van der Waals surface area (Å²) in [5.41, 5.74) is 1.73. The molecule has 1 atom stereocenters. The molecule has 5 rings (SSSR count). The molecule has 1 aromatic heterocycles. The highest BCUT2D eigenvalue weighted by atomic mass is 32.1. The lowest BCUT2D eigenvalue weighted by Crippen LogP contribution is -2.47. The van der Waals surface area contributed by atoms with Gasteiger partial charge < -0.3 is 14.9 Å². The molecule has 8 heteroatoms. The van der Waals surface area contributed by atoms with Crippen LogP contribution < -0.4 is 4.90 Å². The number of carbonyl (C=O) groups excluding carboxylic acids is 3. The second-order valence-corrected chi connectivity index (χ2v) is 9.85. The van der Waals surface area contributed by atoms with Gasteiger partial charge in [-0.25, -0.2) is 0 Å². The molecule has 3 aliphatic heterocycles. The fourth-order valence-corrected chi connectivity index (χ4v) is 5.75. The highest BCUT2D eigenvalue weighted by Crippen LogP contribution is 2.35. The zero-order chi connectivity index (χ0) is 22.2. The molecule has 3 aliphatic rings. The first kappa shape index (κ1) is 21.2. The fraction of sp³-hybridized carbons (Fsp3) is 0.458. The van der Waals surface area contributed by atoms with Gasteiger partial charge in [-0.15, -0.1) is 11.3 Å². The second-order valence-electron chi connectivity index (χ2n) is 8.82. The van der Waals surface area contributed by atoms with Crippen LogP contribution in [0.3, 0.4) is 0 Å². The summed E-state index contributed by atoms with van der Waals surface area (Å²) < 4.78 is 0. The van der Waals surface area contributed by atoms with Gasteiger partial charge in [-0.05, 0) is 49.3 Å². The third-order valence-electron chi connectivity index (χ3n) is 6.76. The number of thiophene rings is 1. The summed E-state index contributed by atoms with van der Waals surface area (Å²) in [7, 11) is 0. The molecule has 0 saturated carbocycles. The number of likely N-dealkylation sites (tertiary alicyclic amines) is 1. The number of imide groups is 1. The maximum absolute atomic E-state index is 13.2. The van der Waals surface area contributed by atoms with Crippen LogP contribution in [0, 0.1) is 5.92 Å². The zero-order valence-corrected chi connectivity index (χ0v) is 18.7. The van der Waals surface area contributed by atoms with Gasteiger partial charge in [-0.2, -0.15) is 0 Å². The molecule has 2 saturated heterocycles. The lowest BCUT2D eigenvalue weighted by Gasteiger charge is -2.37. The Kier molecular flexibility index (Phi) is 5.73. The van der Waals surface area contributed by atoms with Crippen LogP contribution in [0.5, 0.6) is 0 Å². The van der Waals surface area contributed by atoms with E-state index in [9.17, 15) is 19.5 Å².